The first kappa shape index (κ1) is 15.0. The smallest absolute Gasteiger partial charge is 0.271 e. The number of aromatic nitrogens is 2. The number of carbonyl (C=O) groups excluding carboxylic acids is 1. The van der Waals surface area contributed by atoms with Crippen LogP contribution in [0.3, 0.4) is 0 Å². The number of anilines is 2. The molecule has 0 aliphatic carbocycles. The molecule has 0 spiro atoms. The second-order valence-electron chi connectivity index (χ2n) is 5.00. The van der Waals surface area contributed by atoms with Crippen molar-refractivity contribution in [2.45, 2.75) is 27.2 Å². The lowest BCUT2D eigenvalue weighted by molar-refractivity contribution is 0.0947. The second kappa shape index (κ2) is 6.83. The number of carbonyl (C=O) groups is 1. The van der Waals surface area contributed by atoms with Gasteiger partial charge in [-0.25, -0.2) is 0 Å². The molecule has 0 radical (unpaired) electrons. The molecule has 21 heavy (non-hydrogen) atoms. The van der Waals surface area contributed by atoms with E-state index in [9.17, 15) is 4.79 Å². The number of hydrogen-bond acceptors (Lipinski definition) is 4. The Morgan fingerprint density at radius 2 is 1.95 bits per heavy atom. The summed E-state index contributed by atoms with van der Waals surface area (Å²) in [7, 11) is 0. The second-order valence-corrected chi connectivity index (χ2v) is 5.00. The molecule has 2 aromatic rings. The molecule has 1 aromatic heterocycles. The van der Waals surface area contributed by atoms with Crippen molar-refractivity contribution in [2.75, 3.05) is 11.9 Å². The average molecular weight is 284 g/mol. The molecule has 5 heteroatoms. The summed E-state index contributed by atoms with van der Waals surface area (Å²) >= 11 is 0. The zero-order valence-corrected chi connectivity index (χ0v) is 12.6. The standard InChI is InChI=1S/C16H20N4O/c1-4-9-17-16(21)14-7-8-15(20-19-14)18-13-6-5-11(2)10-12(13)3/h5-8,10H,4,9H2,1-3H3,(H,17,21)(H,18,20). The molecule has 110 valence electrons. The Morgan fingerprint density at radius 3 is 2.57 bits per heavy atom. The third-order valence-corrected chi connectivity index (χ3v) is 3.08. The fraction of sp³-hybridized carbons (Fsp3) is 0.312. The highest BCUT2D eigenvalue weighted by Gasteiger charge is 2.07. The predicted molar refractivity (Wildman–Crippen MR) is 83.9 cm³/mol. The van der Waals surface area contributed by atoms with E-state index in [1.165, 1.54) is 5.56 Å². The quantitative estimate of drug-likeness (QED) is 0.885. The monoisotopic (exact) mass is 284 g/mol. The van der Waals surface area contributed by atoms with Gasteiger partial charge in [-0.05, 0) is 44.0 Å². The summed E-state index contributed by atoms with van der Waals surface area (Å²) in [5, 5.41) is 14.0. The molecule has 0 atom stereocenters. The Hall–Kier alpha value is -2.43. The van der Waals surface area contributed by atoms with E-state index in [2.05, 4.69) is 33.8 Å². The molecule has 0 saturated heterocycles. The van der Waals surface area contributed by atoms with Gasteiger partial charge in [0.15, 0.2) is 11.5 Å². The lowest BCUT2D eigenvalue weighted by atomic mass is 10.1. The number of rotatable bonds is 5. The van der Waals surface area contributed by atoms with E-state index in [0.29, 0.717) is 18.1 Å². The summed E-state index contributed by atoms with van der Waals surface area (Å²) in [6, 6.07) is 9.57. The molecule has 1 heterocycles. The summed E-state index contributed by atoms with van der Waals surface area (Å²) in [6.45, 7) is 6.74. The van der Waals surface area contributed by atoms with Crippen molar-refractivity contribution in [2.24, 2.45) is 0 Å². The van der Waals surface area contributed by atoms with Crippen LogP contribution in [0, 0.1) is 13.8 Å². The molecule has 0 aliphatic rings. The van der Waals surface area contributed by atoms with Crippen LogP contribution in [0.2, 0.25) is 0 Å². The summed E-state index contributed by atoms with van der Waals surface area (Å²) in [4.78, 5) is 11.7. The van der Waals surface area contributed by atoms with Crippen LogP contribution in [0.1, 0.15) is 35.0 Å². The minimum absolute atomic E-state index is 0.192. The third-order valence-electron chi connectivity index (χ3n) is 3.08. The van der Waals surface area contributed by atoms with Gasteiger partial charge in [-0.15, -0.1) is 10.2 Å². The molecule has 0 bridgehead atoms. The highest BCUT2D eigenvalue weighted by atomic mass is 16.1. The van der Waals surface area contributed by atoms with Crippen LogP contribution in [0.4, 0.5) is 11.5 Å². The molecule has 1 amide bonds. The lowest BCUT2D eigenvalue weighted by Gasteiger charge is -2.09. The fourth-order valence-electron chi connectivity index (χ4n) is 1.94. The summed E-state index contributed by atoms with van der Waals surface area (Å²) in [5.41, 5.74) is 3.67. The number of amides is 1. The van der Waals surface area contributed by atoms with E-state index in [1.807, 2.05) is 26.0 Å². The van der Waals surface area contributed by atoms with Crippen LogP contribution in [-0.2, 0) is 0 Å². The number of aryl methyl sites for hydroxylation is 2. The molecular formula is C16H20N4O. The first-order valence-electron chi connectivity index (χ1n) is 7.06. The van der Waals surface area contributed by atoms with Gasteiger partial charge in [-0.1, -0.05) is 24.6 Å². The molecule has 2 rings (SSSR count). The van der Waals surface area contributed by atoms with Crippen LogP contribution in [-0.4, -0.2) is 22.6 Å². The number of hydrogen-bond donors (Lipinski definition) is 2. The highest BCUT2D eigenvalue weighted by molar-refractivity contribution is 5.92. The maximum atomic E-state index is 11.7. The maximum absolute atomic E-state index is 11.7. The van der Waals surface area contributed by atoms with Crippen molar-refractivity contribution < 1.29 is 4.79 Å². The van der Waals surface area contributed by atoms with Crippen molar-refractivity contribution >= 4 is 17.4 Å². The SMILES string of the molecule is CCCNC(=O)c1ccc(Nc2ccc(C)cc2C)nn1. The average Bonchev–Trinajstić information content (AvgIpc) is 2.48. The zero-order valence-electron chi connectivity index (χ0n) is 12.6. The minimum Gasteiger partial charge on any atom is -0.351 e. The van der Waals surface area contributed by atoms with Gasteiger partial charge >= 0.3 is 0 Å². The Morgan fingerprint density at radius 1 is 1.14 bits per heavy atom. The van der Waals surface area contributed by atoms with Crippen molar-refractivity contribution in [3.63, 3.8) is 0 Å². The Labute approximate surface area is 124 Å². The van der Waals surface area contributed by atoms with Crippen molar-refractivity contribution in [1.82, 2.24) is 15.5 Å². The van der Waals surface area contributed by atoms with Crippen molar-refractivity contribution in [1.29, 1.82) is 0 Å². The largest absolute Gasteiger partial charge is 0.351 e. The van der Waals surface area contributed by atoms with Gasteiger partial charge in [-0.2, -0.15) is 0 Å². The number of benzene rings is 1. The van der Waals surface area contributed by atoms with E-state index >= 15 is 0 Å². The Bertz CT molecular complexity index is 623. The van der Waals surface area contributed by atoms with Gasteiger partial charge in [-0.3, -0.25) is 4.79 Å². The molecular weight excluding hydrogens is 264 g/mol. The van der Waals surface area contributed by atoms with Crippen LogP contribution >= 0.6 is 0 Å². The topological polar surface area (TPSA) is 66.9 Å². The first-order valence-corrected chi connectivity index (χ1v) is 7.06. The van der Waals surface area contributed by atoms with Crippen LogP contribution in [0.25, 0.3) is 0 Å². The fourth-order valence-corrected chi connectivity index (χ4v) is 1.94. The van der Waals surface area contributed by atoms with Gasteiger partial charge in [0.25, 0.3) is 5.91 Å². The van der Waals surface area contributed by atoms with E-state index in [0.717, 1.165) is 17.7 Å². The minimum atomic E-state index is -0.192. The van der Waals surface area contributed by atoms with Gasteiger partial charge in [0.1, 0.15) is 0 Å². The number of nitrogens with zero attached hydrogens (tertiary/aromatic N) is 2. The van der Waals surface area contributed by atoms with Crippen LogP contribution in [0.15, 0.2) is 30.3 Å². The van der Waals surface area contributed by atoms with Crippen LogP contribution in [0.5, 0.6) is 0 Å². The van der Waals surface area contributed by atoms with E-state index in [1.54, 1.807) is 12.1 Å². The molecule has 0 unspecified atom stereocenters. The molecule has 0 saturated carbocycles. The van der Waals surface area contributed by atoms with Crippen LogP contribution < -0.4 is 10.6 Å². The first-order chi connectivity index (χ1) is 10.1. The number of nitrogens with one attached hydrogen (secondary N) is 2. The van der Waals surface area contributed by atoms with E-state index in [4.69, 9.17) is 0 Å². The summed E-state index contributed by atoms with van der Waals surface area (Å²) < 4.78 is 0. The van der Waals surface area contributed by atoms with E-state index < -0.39 is 0 Å². The third kappa shape index (κ3) is 4.02. The maximum Gasteiger partial charge on any atom is 0.271 e. The predicted octanol–water partition coefficient (Wildman–Crippen LogP) is 2.98. The normalized spacial score (nSPS) is 10.2. The lowest BCUT2D eigenvalue weighted by Crippen LogP contribution is -2.25. The Balaban J connectivity index is 2.07. The van der Waals surface area contributed by atoms with Crippen molar-refractivity contribution in [3.8, 4) is 0 Å². The van der Waals surface area contributed by atoms with Gasteiger partial charge in [0.05, 0.1) is 0 Å². The van der Waals surface area contributed by atoms with E-state index in [-0.39, 0.29) is 5.91 Å². The summed E-state index contributed by atoms with van der Waals surface area (Å²) in [6.07, 6.45) is 0.894. The molecule has 5 nitrogen and oxygen atoms in total. The highest BCUT2D eigenvalue weighted by Crippen LogP contribution is 2.19. The van der Waals surface area contributed by atoms with Gasteiger partial charge in [0.2, 0.25) is 0 Å². The molecule has 1 aromatic carbocycles. The molecule has 2 N–H and O–H groups in total. The van der Waals surface area contributed by atoms with Gasteiger partial charge in [0, 0.05) is 12.2 Å². The molecule has 0 aliphatic heterocycles. The molecule has 0 fully saturated rings. The van der Waals surface area contributed by atoms with Gasteiger partial charge < -0.3 is 10.6 Å². The zero-order chi connectivity index (χ0) is 15.2. The van der Waals surface area contributed by atoms with Crippen molar-refractivity contribution in [3.05, 3.63) is 47.2 Å². The summed E-state index contributed by atoms with van der Waals surface area (Å²) in [5.74, 6) is 0.427. The Kier molecular flexibility index (Phi) is 4.87.